The molecule has 0 spiro atoms. The van der Waals surface area contributed by atoms with Crippen LogP contribution in [0, 0.1) is 0 Å². The van der Waals surface area contributed by atoms with Gasteiger partial charge in [0.05, 0.1) is 6.54 Å². The standard InChI is InChI=1S/C7H12F3N3O2/c8-7(9,10)2-1-3-12-4-5(14)13-6(11)15/h12H,1-4H2,(H3,11,13,14,15). The summed E-state index contributed by atoms with van der Waals surface area (Å²) in [5.74, 6) is -0.672. The molecule has 4 N–H and O–H groups in total. The first-order valence-electron chi connectivity index (χ1n) is 4.18. The SMILES string of the molecule is NC(=O)NC(=O)CNCCCC(F)(F)F. The third-order valence-electron chi connectivity index (χ3n) is 1.36. The Morgan fingerprint density at radius 2 is 1.87 bits per heavy atom. The van der Waals surface area contributed by atoms with Crippen LogP contribution in [0.15, 0.2) is 0 Å². The largest absolute Gasteiger partial charge is 0.389 e. The zero-order chi connectivity index (χ0) is 11.9. The molecule has 15 heavy (non-hydrogen) atoms. The first-order chi connectivity index (χ1) is 6.81. The van der Waals surface area contributed by atoms with Gasteiger partial charge < -0.3 is 11.1 Å². The second kappa shape index (κ2) is 6.23. The Morgan fingerprint density at radius 1 is 1.27 bits per heavy atom. The van der Waals surface area contributed by atoms with Crippen LogP contribution in [0.4, 0.5) is 18.0 Å². The smallest absolute Gasteiger partial charge is 0.351 e. The summed E-state index contributed by atoms with van der Waals surface area (Å²) in [7, 11) is 0. The van der Waals surface area contributed by atoms with Gasteiger partial charge >= 0.3 is 12.2 Å². The molecule has 0 unspecified atom stereocenters. The van der Waals surface area contributed by atoms with Crippen molar-refractivity contribution in [1.29, 1.82) is 0 Å². The van der Waals surface area contributed by atoms with Crippen molar-refractivity contribution in [2.75, 3.05) is 13.1 Å². The van der Waals surface area contributed by atoms with Crippen LogP contribution in [0.5, 0.6) is 0 Å². The zero-order valence-corrected chi connectivity index (χ0v) is 7.86. The van der Waals surface area contributed by atoms with Gasteiger partial charge in [0.1, 0.15) is 0 Å². The van der Waals surface area contributed by atoms with Crippen LogP contribution >= 0.6 is 0 Å². The monoisotopic (exact) mass is 227 g/mol. The summed E-state index contributed by atoms with van der Waals surface area (Å²) in [6, 6.07) is -0.989. The van der Waals surface area contributed by atoms with Crippen molar-refractivity contribution in [3.8, 4) is 0 Å². The second-order valence-corrected chi connectivity index (χ2v) is 2.81. The number of imide groups is 1. The van der Waals surface area contributed by atoms with Crippen molar-refractivity contribution in [2.24, 2.45) is 5.73 Å². The highest BCUT2D eigenvalue weighted by Gasteiger charge is 2.25. The number of halogens is 3. The molecule has 0 aliphatic rings. The summed E-state index contributed by atoms with van der Waals surface area (Å²) < 4.78 is 34.9. The van der Waals surface area contributed by atoms with Gasteiger partial charge in [0.15, 0.2) is 0 Å². The molecule has 88 valence electrons. The van der Waals surface area contributed by atoms with Crippen molar-refractivity contribution in [3.05, 3.63) is 0 Å². The molecule has 0 rings (SSSR count). The Hall–Kier alpha value is -1.31. The molecule has 0 aromatic carbocycles. The molecular weight excluding hydrogens is 215 g/mol. The fourth-order valence-corrected chi connectivity index (χ4v) is 0.797. The molecule has 0 radical (unpaired) electrons. The number of primary amides is 1. The van der Waals surface area contributed by atoms with E-state index in [9.17, 15) is 22.8 Å². The van der Waals surface area contributed by atoms with E-state index in [1.165, 1.54) is 0 Å². The lowest BCUT2D eigenvalue weighted by atomic mass is 10.3. The number of alkyl halides is 3. The van der Waals surface area contributed by atoms with Gasteiger partial charge in [0, 0.05) is 6.42 Å². The fourth-order valence-electron chi connectivity index (χ4n) is 0.797. The van der Waals surface area contributed by atoms with Gasteiger partial charge in [0.25, 0.3) is 0 Å². The Labute approximate surface area is 84.2 Å². The molecule has 0 atom stereocenters. The van der Waals surface area contributed by atoms with Gasteiger partial charge in [-0.05, 0) is 13.0 Å². The van der Waals surface area contributed by atoms with E-state index in [1.807, 2.05) is 0 Å². The highest BCUT2D eigenvalue weighted by atomic mass is 19.4. The lowest BCUT2D eigenvalue weighted by Crippen LogP contribution is -2.40. The summed E-state index contributed by atoms with van der Waals surface area (Å²) >= 11 is 0. The summed E-state index contributed by atoms with van der Waals surface area (Å²) in [5, 5.41) is 4.21. The number of carbonyl (C=O) groups excluding carboxylic acids is 2. The maximum absolute atomic E-state index is 11.6. The van der Waals surface area contributed by atoms with Gasteiger partial charge in [0.2, 0.25) is 5.91 Å². The van der Waals surface area contributed by atoms with Crippen molar-refractivity contribution < 1.29 is 22.8 Å². The van der Waals surface area contributed by atoms with Crippen molar-refractivity contribution in [1.82, 2.24) is 10.6 Å². The van der Waals surface area contributed by atoms with Crippen molar-refractivity contribution in [2.45, 2.75) is 19.0 Å². The Kier molecular flexibility index (Phi) is 5.68. The lowest BCUT2D eigenvalue weighted by molar-refractivity contribution is -0.135. The van der Waals surface area contributed by atoms with Crippen LogP contribution in [0.25, 0.3) is 0 Å². The number of amides is 3. The maximum Gasteiger partial charge on any atom is 0.389 e. The molecule has 3 amide bonds. The third kappa shape index (κ3) is 10.6. The van der Waals surface area contributed by atoms with Crippen molar-refractivity contribution >= 4 is 11.9 Å². The minimum Gasteiger partial charge on any atom is -0.351 e. The number of hydrogen-bond donors (Lipinski definition) is 3. The maximum atomic E-state index is 11.6. The average molecular weight is 227 g/mol. The second-order valence-electron chi connectivity index (χ2n) is 2.81. The van der Waals surface area contributed by atoms with E-state index in [0.29, 0.717) is 0 Å². The molecule has 0 aliphatic carbocycles. The minimum atomic E-state index is -4.18. The van der Waals surface area contributed by atoms with Crippen molar-refractivity contribution in [3.63, 3.8) is 0 Å². The average Bonchev–Trinajstić information content (AvgIpc) is 1.99. The van der Waals surface area contributed by atoms with E-state index in [0.717, 1.165) is 0 Å². The first kappa shape index (κ1) is 13.7. The van der Waals surface area contributed by atoms with Crippen LogP contribution in [0.1, 0.15) is 12.8 Å². The number of nitrogens with two attached hydrogens (primary N) is 1. The van der Waals surface area contributed by atoms with E-state index in [-0.39, 0.29) is 19.5 Å². The normalized spacial score (nSPS) is 11.1. The van der Waals surface area contributed by atoms with Gasteiger partial charge in [-0.2, -0.15) is 13.2 Å². The van der Waals surface area contributed by atoms with E-state index in [2.05, 4.69) is 11.1 Å². The molecule has 0 heterocycles. The molecular formula is C7H12F3N3O2. The van der Waals surface area contributed by atoms with E-state index < -0.39 is 24.5 Å². The van der Waals surface area contributed by atoms with Crippen LogP contribution in [-0.4, -0.2) is 31.2 Å². The quantitative estimate of drug-likeness (QED) is 0.583. The lowest BCUT2D eigenvalue weighted by Gasteiger charge is -2.06. The van der Waals surface area contributed by atoms with E-state index in [4.69, 9.17) is 0 Å². The Balaban J connectivity index is 3.39. The number of rotatable bonds is 5. The van der Waals surface area contributed by atoms with Crippen LogP contribution in [0.2, 0.25) is 0 Å². The summed E-state index contributed by atoms with van der Waals surface area (Å²) in [6.45, 7) is -0.188. The summed E-state index contributed by atoms with van der Waals surface area (Å²) in [4.78, 5) is 20.9. The first-order valence-corrected chi connectivity index (χ1v) is 4.18. The van der Waals surface area contributed by atoms with Gasteiger partial charge in [-0.25, -0.2) is 4.79 Å². The number of carbonyl (C=O) groups is 2. The van der Waals surface area contributed by atoms with Gasteiger partial charge in [-0.1, -0.05) is 0 Å². The molecule has 0 bridgehead atoms. The molecule has 5 nitrogen and oxygen atoms in total. The van der Waals surface area contributed by atoms with Crippen LogP contribution < -0.4 is 16.4 Å². The predicted octanol–water partition coefficient (Wildman–Crippen LogP) is 0.113. The summed E-state index contributed by atoms with van der Waals surface area (Å²) in [5.41, 5.74) is 4.63. The molecule has 0 aromatic heterocycles. The Morgan fingerprint density at radius 3 is 2.33 bits per heavy atom. The fraction of sp³-hybridized carbons (Fsp3) is 0.714. The molecule has 0 saturated heterocycles. The van der Waals surface area contributed by atoms with Crippen LogP contribution in [-0.2, 0) is 4.79 Å². The molecule has 8 heteroatoms. The highest BCUT2D eigenvalue weighted by Crippen LogP contribution is 2.20. The Bertz CT molecular complexity index is 230. The number of hydrogen-bond acceptors (Lipinski definition) is 3. The zero-order valence-electron chi connectivity index (χ0n) is 7.86. The van der Waals surface area contributed by atoms with Crippen LogP contribution in [0.3, 0.4) is 0 Å². The third-order valence-corrected chi connectivity index (χ3v) is 1.36. The molecule has 0 fully saturated rings. The molecule has 0 saturated carbocycles. The topological polar surface area (TPSA) is 84.2 Å². The highest BCUT2D eigenvalue weighted by molar-refractivity contribution is 5.94. The molecule has 0 aliphatic heterocycles. The summed E-state index contributed by atoms with van der Waals surface area (Å²) in [6.07, 6.45) is -5.21. The predicted molar refractivity (Wildman–Crippen MR) is 45.9 cm³/mol. The van der Waals surface area contributed by atoms with E-state index >= 15 is 0 Å². The molecule has 0 aromatic rings. The minimum absolute atomic E-state index is 0.0473. The van der Waals surface area contributed by atoms with Gasteiger partial charge in [-0.3, -0.25) is 10.1 Å². The number of nitrogens with one attached hydrogen (secondary N) is 2. The van der Waals surface area contributed by atoms with E-state index in [1.54, 1.807) is 5.32 Å². The van der Waals surface area contributed by atoms with Gasteiger partial charge in [-0.15, -0.1) is 0 Å². The number of urea groups is 1.